The van der Waals surface area contributed by atoms with Crippen LogP contribution in [-0.2, 0) is 10.2 Å². The molecule has 1 aromatic heterocycles. The third-order valence-electron chi connectivity index (χ3n) is 7.59. The second-order valence-corrected chi connectivity index (χ2v) is 12.6. The van der Waals surface area contributed by atoms with Crippen molar-refractivity contribution in [3.05, 3.63) is 94.0 Å². The van der Waals surface area contributed by atoms with Gasteiger partial charge in [0.2, 0.25) is 0 Å². The van der Waals surface area contributed by atoms with Gasteiger partial charge in [-0.05, 0) is 95.1 Å². The number of hydrogen-bond acceptors (Lipinski definition) is 7. The highest BCUT2D eigenvalue weighted by molar-refractivity contribution is 6.04. The van der Waals surface area contributed by atoms with Crippen molar-refractivity contribution in [1.82, 2.24) is 14.9 Å². The van der Waals surface area contributed by atoms with Gasteiger partial charge >= 0.3 is 6.09 Å². The third kappa shape index (κ3) is 6.19. The minimum absolute atomic E-state index is 0.101. The van der Waals surface area contributed by atoms with E-state index in [4.69, 9.17) is 4.74 Å². The number of carbonyl (C=O) groups is 2. The lowest BCUT2D eigenvalue weighted by Gasteiger charge is -2.38. The van der Waals surface area contributed by atoms with E-state index in [1.54, 1.807) is 67.3 Å². The molecule has 226 valence electrons. The first-order valence-electron chi connectivity index (χ1n) is 14.5. The molecule has 10 heteroatoms. The number of nitrogens with one attached hydrogen (secondary N) is 2. The number of aromatic nitrogens is 2. The molecule has 1 aliphatic heterocycles. The number of benzene rings is 3. The number of aryl methyl sites for hydroxylation is 1. The summed E-state index contributed by atoms with van der Waals surface area (Å²) >= 11 is 0. The molecule has 44 heavy (non-hydrogen) atoms. The van der Waals surface area contributed by atoms with Crippen LogP contribution >= 0.6 is 0 Å². The van der Waals surface area contributed by atoms with Crippen LogP contribution < -0.4 is 21.1 Å². The van der Waals surface area contributed by atoms with Gasteiger partial charge in [0.1, 0.15) is 11.9 Å². The molecular weight excluding hydrogens is 556 g/mol. The topological polar surface area (TPSA) is 129 Å². The van der Waals surface area contributed by atoms with E-state index < -0.39 is 17.1 Å². The summed E-state index contributed by atoms with van der Waals surface area (Å²) in [5.74, 6) is -0.336. The van der Waals surface area contributed by atoms with Crippen LogP contribution in [0.25, 0.3) is 16.6 Å². The Hall–Kier alpha value is -5.01. The van der Waals surface area contributed by atoms with E-state index in [1.807, 2.05) is 39.8 Å². The van der Waals surface area contributed by atoms with E-state index in [2.05, 4.69) is 21.7 Å². The van der Waals surface area contributed by atoms with Crippen molar-refractivity contribution in [1.29, 1.82) is 5.26 Å². The minimum Gasteiger partial charge on any atom is -0.443 e. The maximum absolute atomic E-state index is 13.9. The van der Waals surface area contributed by atoms with Crippen molar-refractivity contribution in [2.24, 2.45) is 0 Å². The Labute approximate surface area is 256 Å². The van der Waals surface area contributed by atoms with Crippen molar-refractivity contribution in [2.75, 3.05) is 23.3 Å². The molecular formula is C34H36N6O4. The Kier molecular flexibility index (Phi) is 8.02. The molecule has 1 aliphatic rings. The quantitative estimate of drug-likeness (QED) is 0.304. The Balaban J connectivity index is 1.49. The van der Waals surface area contributed by atoms with Gasteiger partial charge in [0.05, 0.1) is 34.1 Å². The molecule has 0 saturated carbocycles. The number of nitriles is 1. The van der Waals surface area contributed by atoms with Gasteiger partial charge in [-0.15, -0.1) is 0 Å². The SMILES string of the molecule is Cc1ccc(NC(=O)c2cccc(C(C)(C)C#N)c2)cc1-n1cnc2ccc(N(C(=O)OC(C)(C)C)C3CNC3)cc2c1=O. The van der Waals surface area contributed by atoms with Crippen LogP contribution in [0.5, 0.6) is 0 Å². The second-order valence-electron chi connectivity index (χ2n) is 12.6. The van der Waals surface area contributed by atoms with Gasteiger partial charge in [-0.2, -0.15) is 5.26 Å². The van der Waals surface area contributed by atoms with Gasteiger partial charge in [0, 0.05) is 30.0 Å². The van der Waals surface area contributed by atoms with Crippen LogP contribution in [0.1, 0.15) is 56.1 Å². The fourth-order valence-corrected chi connectivity index (χ4v) is 4.93. The summed E-state index contributed by atoms with van der Waals surface area (Å²) in [6.45, 7) is 12.2. The highest BCUT2D eigenvalue weighted by Crippen LogP contribution is 2.27. The van der Waals surface area contributed by atoms with E-state index in [-0.39, 0.29) is 17.5 Å². The predicted molar refractivity (Wildman–Crippen MR) is 170 cm³/mol. The first-order chi connectivity index (χ1) is 20.8. The summed E-state index contributed by atoms with van der Waals surface area (Å²) < 4.78 is 7.12. The average molecular weight is 593 g/mol. The normalized spacial score (nSPS) is 13.6. The highest BCUT2D eigenvalue weighted by Gasteiger charge is 2.33. The summed E-state index contributed by atoms with van der Waals surface area (Å²) in [5.41, 5.74) is 2.32. The second kappa shape index (κ2) is 11.6. The molecule has 0 spiro atoms. The first kappa shape index (κ1) is 30.4. The van der Waals surface area contributed by atoms with Crippen LogP contribution in [0, 0.1) is 18.3 Å². The van der Waals surface area contributed by atoms with Crippen molar-refractivity contribution in [2.45, 2.75) is 58.6 Å². The summed E-state index contributed by atoms with van der Waals surface area (Å²) in [4.78, 5) is 46.3. The molecule has 10 nitrogen and oxygen atoms in total. The Morgan fingerprint density at radius 1 is 1.07 bits per heavy atom. The van der Waals surface area contributed by atoms with E-state index in [0.29, 0.717) is 46.6 Å². The fraction of sp³-hybridized carbons (Fsp3) is 0.324. The van der Waals surface area contributed by atoms with Crippen molar-refractivity contribution in [3.63, 3.8) is 0 Å². The molecule has 0 atom stereocenters. The molecule has 1 fully saturated rings. The molecule has 0 aliphatic carbocycles. The van der Waals surface area contributed by atoms with Crippen molar-refractivity contribution >= 4 is 34.3 Å². The zero-order valence-corrected chi connectivity index (χ0v) is 25.8. The minimum atomic E-state index is -0.740. The summed E-state index contributed by atoms with van der Waals surface area (Å²) in [7, 11) is 0. The van der Waals surface area contributed by atoms with Crippen LogP contribution in [0.3, 0.4) is 0 Å². The van der Waals surface area contributed by atoms with Crippen LogP contribution in [0.4, 0.5) is 16.2 Å². The van der Waals surface area contributed by atoms with E-state index in [0.717, 1.165) is 11.1 Å². The molecule has 5 rings (SSSR count). The first-order valence-corrected chi connectivity index (χ1v) is 14.5. The molecule has 3 aromatic carbocycles. The number of carbonyl (C=O) groups excluding carboxylic acids is 2. The number of hydrogen-bond donors (Lipinski definition) is 2. The van der Waals surface area contributed by atoms with Crippen molar-refractivity contribution in [3.8, 4) is 11.8 Å². The molecule has 1 saturated heterocycles. The van der Waals surface area contributed by atoms with E-state index in [1.165, 1.54) is 10.9 Å². The number of ether oxygens (including phenoxy) is 1. The molecule has 0 bridgehead atoms. The number of amides is 2. The number of nitrogens with zero attached hydrogens (tertiary/aromatic N) is 4. The largest absolute Gasteiger partial charge is 0.443 e. The molecule has 0 unspecified atom stereocenters. The van der Waals surface area contributed by atoms with Crippen LogP contribution in [0.15, 0.2) is 71.8 Å². The average Bonchev–Trinajstić information content (AvgIpc) is 2.95. The van der Waals surface area contributed by atoms with Gasteiger partial charge in [-0.3, -0.25) is 19.1 Å². The number of fused-ring (bicyclic) bond motifs is 1. The van der Waals surface area contributed by atoms with Gasteiger partial charge < -0.3 is 15.4 Å². The lowest BCUT2D eigenvalue weighted by Crippen LogP contribution is -2.60. The Morgan fingerprint density at radius 2 is 1.82 bits per heavy atom. The van der Waals surface area contributed by atoms with Gasteiger partial charge in [-0.1, -0.05) is 18.2 Å². The lowest BCUT2D eigenvalue weighted by molar-refractivity contribution is 0.0554. The summed E-state index contributed by atoms with van der Waals surface area (Å²) in [5, 5.41) is 15.9. The van der Waals surface area contributed by atoms with Crippen LogP contribution in [0.2, 0.25) is 0 Å². The fourth-order valence-electron chi connectivity index (χ4n) is 4.93. The predicted octanol–water partition coefficient (Wildman–Crippen LogP) is 5.46. The van der Waals surface area contributed by atoms with Gasteiger partial charge in [0.25, 0.3) is 11.5 Å². The highest BCUT2D eigenvalue weighted by atomic mass is 16.6. The zero-order valence-electron chi connectivity index (χ0n) is 25.8. The number of anilines is 2. The monoisotopic (exact) mass is 592 g/mol. The third-order valence-corrected chi connectivity index (χ3v) is 7.59. The lowest BCUT2D eigenvalue weighted by atomic mass is 9.85. The smallest absolute Gasteiger partial charge is 0.415 e. The molecule has 2 heterocycles. The van der Waals surface area contributed by atoms with Gasteiger partial charge in [-0.25, -0.2) is 9.78 Å². The zero-order chi connectivity index (χ0) is 31.8. The maximum atomic E-state index is 13.9. The van der Waals surface area contributed by atoms with Crippen molar-refractivity contribution < 1.29 is 14.3 Å². The molecule has 2 amide bonds. The Bertz CT molecular complexity index is 1860. The molecule has 4 aromatic rings. The molecule has 0 radical (unpaired) electrons. The van der Waals surface area contributed by atoms with Crippen LogP contribution in [-0.4, -0.2) is 46.3 Å². The standard InChI is InChI=1S/C34H36N6O4/c1-21-10-11-24(38-30(41)22-8-7-9-23(14-22)34(5,6)19-35)15-29(21)39-20-37-28-13-12-25(16-27(28)31(39)42)40(26-17-36-18-26)32(43)44-33(2,3)4/h7-16,20,26,36H,17-18H2,1-6H3,(H,38,41). The Morgan fingerprint density at radius 3 is 2.48 bits per heavy atom. The number of rotatable bonds is 6. The maximum Gasteiger partial charge on any atom is 0.415 e. The van der Waals surface area contributed by atoms with E-state index >= 15 is 0 Å². The van der Waals surface area contributed by atoms with Gasteiger partial charge in [0.15, 0.2) is 0 Å². The molecule has 2 N–H and O–H groups in total. The summed E-state index contributed by atoms with van der Waals surface area (Å²) in [6, 6.07) is 19.6. The summed E-state index contributed by atoms with van der Waals surface area (Å²) in [6.07, 6.45) is 0.987. The van der Waals surface area contributed by atoms with E-state index in [9.17, 15) is 19.6 Å².